The zero-order valence-electron chi connectivity index (χ0n) is 19.4. The number of carbonyl (C=O) groups is 1. The third kappa shape index (κ3) is 5.63. The first-order valence-corrected chi connectivity index (χ1v) is 12.6. The molecule has 0 spiro atoms. The van der Waals surface area contributed by atoms with Crippen molar-refractivity contribution in [3.8, 4) is 17.3 Å². The second-order valence-corrected chi connectivity index (χ2v) is 10.1. The third-order valence-corrected chi connectivity index (χ3v) is 7.17. The van der Waals surface area contributed by atoms with Crippen molar-refractivity contribution in [3.63, 3.8) is 0 Å². The first kappa shape index (κ1) is 25.8. The van der Waals surface area contributed by atoms with Gasteiger partial charge in [-0.3, -0.25) is 9.59 Å². The maximum absolute atomic E-state index is 13.3. The number of amides is 1. The highest BCUT2D eigenvalue weighted by Crippen LogP contribution is 2.26. The van der Waals surface area contributed by atoms with Crippen molar-refractivity contribution < 1.29 is 17.8 Å². The molecule has 1 heterocycles. The second-order valence-electron chi connectivity index (χ2n) is 7.86. The number of aryl methyl sites for hydroxylation is 1. The molecule has 0 radical (unpaired) electrons. The maximum Gasteiger partial charge on any atom is 0.263 e. The topological polar surface area (TPSA) is 104 Å². The number of hydrogen-bond donors (Lipinski definition) is 1. The molecule has 3 rings (SSSR count). The van der Waals surface area contributed by atoms with Gasteiger partial charge in [0.2, 0.25) is 11.6 Å². The lowest BCUT2D eigenvalue weighted by Gasteiger charge is -2.16. The molecule has 35 heavy (non-hydrogen) atoms. The highest BCUT2D eigenvalue weighted by atomic mass is 32.2. The predicted molar refractivity (Wildman–Crippen MR) is 129 cm³/mol. The average molecular weight is 499 g/mol. The number of aromatic nitrogens is 1. The van der Waals surface area contributed by atoms with Gasteiger partial charge in [-0.25, -0.2) is 13.0 Å². The largest absolute Gasteiger partial charge is 0.350 e. The Morgan fingerprint density at radius 3 is 2.51 bits per heavy atom. The lowest BCUT2D eigenvalue weighted by Crippen LogP contribution is -2.30. The molecule has 7 nitrogen and oxygen atoms in total. The molecule has 0 aliphatic heterocycles. The molecule has 1 N–H and O–H groups in total. The first-order chi connectivity index (χ1) is 16.6. The SMILES string of the molecule is CCn1cc(C(=O)NCc2ccc(S(C)(=O)=NC#N)cc2)c(=O)c(-c2cccc(C(F)F)c2)c1C. The fraction of sp³-hybridized carbons (Fsp3) is 0.240. The molecule has 0 aliphatic carbocycles. The van der Waals surface area contributed by atoms with E-state index in [0.717, 1.165) is 0 Å². The minimum Gasteiger partial charge on any atom is -0.350 e. The summed E-state index contributed by atoms with van der Waals surface area (Å²) in [4.78, 5) is 26.6. The van der Waals surface area contributed by atoms with Crippen LogP contribution in [-0.4, -0.2) is 20.9 Å². The summed E-state index contributed by atoms with van der Waals surface area (Å²) in [7, 11) is -2.82. The second kappa shape index (κ2) is 10.6. The standard InChI is InChI=1S/C25H24F2N4O3S/c1-4-31-14-21(23(32)22(16(31)2)18-6-5-7-19(12-18)24(26)27)25(33)29-13-17-8-10-20(11-9-17)35(3,34)30-15-28/h5-12,14,24H,4,13H2,1-3H3,(H,29,33). The van der Waals surface area contributed by atoms with Crippen molar-refractivity contribution in [2.75, 3.05) is 6.26 Å². The number of alkyl halides is 2. The highest BCUT2D eigenvalue weighted by Gasteiger charge is 2.20. The summed E-state index contributed by atoms with van der Waals surface area (Å²) in [6.07, 6.45) is 1.69. The van der Waals surface area contributed by atoms with E-state index in [2.05, 4.69) is 9.68 Å². The van der Waals surface area contributed by atoms with Crippen molar-refractivity contribution >= 4 is 15.6 Å². The van der Waals surface area contributed by atoms with Crippen molar-refractivity contribution in [3.05, 3.63) is 87.3 Å². The van der Waals surface area contributed by atoms with E-state index in [1.54, 1.807) is 48.0 Å². The molecule has 3 aromatic rings. The first-order valence-electron chi connectivity index (χ1n) is 10.7. The number of nitrogens with one attached hydrogen (secondary N) is 1. The van der Waals surface area contributed by atoms with E-state index in [0.29, 0.717) is 28.3 Å². The van der Waals surface area contributed by atoms with Crippen LogP contribution in [0, 0.1) is 18.4 Å². The molecule has 0 saturated carbocycles. The molecule has 182 valence electrons. The minimum absolute atomic E-state index is 0.0923. The van der Waals surface area contributed by atoms with Crippen LogP contribution < -0.4 is 10.7 Å². The summed E-state index contributed by atoms with van der Waals surface area (Å²) in [5, 5.41) is 11.4. The Balaban J connectivity index is 1.92. The molecule has 0 fully saturated rings. The summed E-state index contributed by atoms with van der Waals surface area (Å²) < 4.78 is 44.0. The normalized spacial score (nSPS) is 12.6. The quantitative estimate of drug-likeness (QED) is 0.479. The van der Waals surface area contributed by atoms with E-state index in [-0.39, 0.29) is 23.2 Å². The van der Waals surface area contributed by atoms with Crippen LogP contribution in [0.3, 0.4) is 0 Å². The van der Waals surface area contributed by atoms with Gasteiger partial charge in [-0.2, -0.15) is 5.26 Å². The van der Waals surface area contributed by atoms with Crippen molar-refractivity contribution in [1.82, 2.24) is 9.88 Å². The molecule has 2 aromatic carbocycles. The van der Waals surface area contributed by atoms with Crippen molar-refractivity contribution in [1.29, 1.82) is 5.26 Å². The lowest BCUT2D eigenvalue weighted by molar-refractivity contribution is 0.0949. The van der Waals surface area contributed by atoms with Crippen molar-refractivity contribution in [2.45, 2.75) is 38.3 Å². The van der Waals surface area contributed by atoms with Crippen LogP contribution in [0.1, 0.15) is 40.5 Å². The van der Waals surface area contributed by atoms with Gasteiger partial charge in [0.1, 0.15) is 5.56 Å². The summed E-state index contributed by atoms with van der Waals surface area (Å²) in [5.41, 5.74) is 0.922. The third-order valence-electron chi connectivity index (χ3n) is 5.59. The molecule has 1 aromatic heterocycles. The average Bonchev–Trinajstić information content (AvgIpc) is 2.83. The van der Waals surface area contributed by atoms with E-state index in [1.165, 1.54) is 30.7 Å². The van der Waals surface area contributed by atoms with Gasteiger partial charge >= 0.3 is 0 Å². The van der Waals surface area contributed by atoms with Gasteiger partial charge in [-0.1, -0.05) is 30.3 Å². The van der Waals surface area contributed by atoms with Gasteiger partial charge in [0.15, 0.2) is 0 Å². The molecule has 10 heteroatoms. The van der Waals surface area contributed by atoms with Crippen LogP contribution in [0.5, 0.6) is 0 Å². The van der Waals surface area contributed by atoms with Gasteiger partial charge < -0.3 is 9.88 Å². The number of nitrogens with zero attached hydrogens (tertiary/aromatic N) is 3. The van der Waals surface area contributed by atoms with Gasteiger partial charge in [-0.05, 0) is 43.2 Å². The Labute approximate surface area is 202 Å². The summed E-state index contributed by atoms with van der Waals surface area (Å²) >= 11 is 0. The van der Waals surface area contributed by atoms with E-state index in [1.807, 2.05) is 6.92 Å². The van der Waals surface area contributed by atoms with Crippen LogP contribution in [0.25, 0.3) is 11.1 Å². The van der Waals surface area contributed by atoms with E-state index < -0.39 is 27.5 Å². The number of benzene rings is 2. The Bertz CT molecular complexity index is 1480. The van der Waals surface area contributed by atoms with E-state index in [4.69, 9.17) is 5.26 Å². The Morgan fingerprint density at radius 1 is 1.23 bits per heavy atom. The van der Waals surface area contributed by atoms with Crippen molar-refractivity contribution in [2.24, 2.45) is 4.36 Å². The summed E-state index contributed by atoms with van der Waals surface area (Å²) in [6.45, 7) is 4.13. The van der Waals surface area contributed by atoms with Gasteiger partial charge in [0.05, 0.1) is 9.73 Å². The Morgan fingerprint density at radius 2 is 1.91 bits per heavy atom. The number of nitriles is 1. The number of hydrogen-bond acceptors (Lipinski definition) is 5. The number of carbonyl (C=O) groups excluding carboxylic acids is 1. The van der Waals surface area contributed by atoms with Gasteiger partial charge in [-0.15, -0.1) is 4.36 Å². The van der Waals surface area contributed by atoms with Crippen LogP contribution >= 0.6 is 0 Å². The fourth-order valence-electron chi connectivity index (χ4n) is 3.68. The predicted octanol–water partition coefficient (Wildman–Crippen LogP) is 4.65. The number of halogens is 2. The van der Waals surface area contributed by atoms with E-state index >= 15 is 0 Å². The van der Waals surface area contributed by atoms with Crippen LogP contribution in [0.15, 0.2) is 68.8 Å². The fourth-order valence-corrected chi connectivity index (χ4v) is 4.58. The molecular weight excluding hydrogens is 474 g/mol. The Hall–Kier alpha value is -3.84. The van der Waals surface area contributed by atoms with E-state index in [9.17, 15) is 22.6 Å². The Kier molecular flexibility index (Phi) is 7.82. The molecule has 0 bridgehead atoms. The monoisotopic (exact) mass is 498 g/mol. The zero-order valence-corrected chi connectivity index (χ0v) is 20.2. The van der Waals surface area contributed by atoms with Crippen LogP contribution in [-0.2, 0) is 22.8 Å². The summed E-state index contributed by atoms with van der Waals surface area (Å²) in [5.74, 6) is -0.605. The smallest absolute Gasteiger partial charge is 0.263 e. The maximum atomic E-state index is 13.3. The van der Waals surface area contributed by atoms with Crippen LogP contribution in [0.4, 0.5) is 8.78 Å². The summed E-state index contributed by atoms with van der Waals surface area (Å²) in [6, 6.07) is 12.0. The number of rotatable bonds is 7. The molecule has 1 amide bonds. The van der Waals surface area contributed by atoms with Crippen LogP contribution in [0.2, 0.25) is 0 Å². The van der Waals surface area contributed by atoms with Gasteiger partial charge in [0, 0.05) is 47.3 Å². The number of pyridine rings is 1. The molecule has 1 unspecified atom stereocenters. The van der Waals surface area contributed by atoms with Gasteiger partial charge in [0.25, 0.3) is 12.3 Å². The highest BCUT2D eigenvalue weighted by molar-refractivity contribution is 7.93. The molecular formula is C25H24F2N4O3S. The minimum atomic E-state index is -2.82. The zero-order chi connectivity index (χ0) is 25.8. The lowest BCUT2D eigenvalue weighted by atomic mass is 9.99. The molecule has 0 saturated heterocycles. The molecule has 0 aliphatic rings. The molecule has 1 atom stereocenters.